The zero-order valence-corrected chi connectivity index (χ0v) is 8.35. The summed E-state index contributed by atoms with van der Waals surface area (Å²) in [5.41, 5.74) is 0. The third-order valence-electron chi connectivity index (χ3n) is 1.33. The lowest BCUT2D eigenvalue weighted by Crippen LogP contribution is -2.37. The summed E-state index contributed by atoms with van der Waals surface area (Å²) in [6, 6.07) is 5.43. The van der Waals surface area contributed by atoms with Crippen molar-refractivity contribution in [2.24, 2.45) is 0 Å². The van der Waals surface area contributed by atoms with Gasteiger partial charge in [-0.05, 0) is 0 Å². The maximum atomic E-state index is 10.5. The minimum atomic E-state index is -5.19. The Morgan fingerprint density at radius 3 is 1.88 bits per heavy atom. The van der Waals surface area contributed by atoms with E-state index in [1.54, 1.807) is 29.1 Å². The molecule has 1 N–H and O–H groups in total. The van der Waals surface area contributed by atoms with Crippen LogP contribution in [0.4, 0.5) is 13.2 Å². The number of halogens is 3. The highest BCUT2D eigenvalue weighted by atomic mass is 19.4. The molecule has 0 aromatic carbocycles. The molecule has 0 bridgehead atoms. The first kappa shape index (κ1) is 14.9. The molecular formula is C9H8F3NO4. The van der Waals surface area contributed by atoms with Crippen molar-refractivity contribution in [2.75, 3.05) is 0 Å². The van der Waals surface area contributed by atoms with Crippen LogP contribution in [0.25, 0.3) is 0 Å². The Labute approximate surface area is 93.7 Å². The first-order valence-corrected chi connectivity index (χ1v) is 4.17. The van der Waals surface area contributed by atoms with Crippen molar-refractivity contribution >= 4 is 11.9 Å². The van der Waals surface area contributed by atoms with E-state index in [-0.39, 0.29) is 6.54 Å². The molecule has 0 saturated heterocycles. The number of aromatic nitrogens is 1. The van der Waals surface area contributed by atoms with Crippen LogP contribution in [-0.2, 0) is 16.1 Å². The summed E-state index contributed by atoms with van der Waals surface area (Å²) < 4.78 is 33.1. The highest BCUT2D eigenvalue weighted by Gasteiger charge is 2.28. The van der Waals surface area contributed by atoms with Gasteiger partial charge in [0.05, 0.1) is 0 Å². The molecule has 1 aromatic heterocycles. The normalized spacial score (nSPS) is 10.1. The molecule has 0 atom stereocenters. The van der Waals surface area contributed by atoms with Gasteiger partial charge in [0, 0.05) is 12.1 Å². The molecule has 1 aromatic rings. The number of hydrogen-bond acceptors (Lipinski definition) is 3. The molecule has 5 nitrogen and oxygen atoms in total. The van der Waals surface area contributed by atoms with E-state index in [0.29, 0.717) is 0 Å². The smallest absolute Gasteiger partial charge is 0.430 e. The quantitative estimate of drug-likeness (QED) is 0.709. The Morgan fingerprint density at radius 2 is 1.59 bits per heavy atom. The molecule has 1 heterocycles. The second kappa shape index (κ2) is 6.46. The van der Waals surface area contributed by atoms with E-state index >= 15 is 0 Å². The van der Waals surface area contributed by atoms with Crippen LogP contribution in [0.2, 0.25) is 0 Å². The van der Waals surface area contributed by atoms with Gasteiger partial charge in [-0.15, -0.1) is 0 Å². The molecule has 0 fully saturated rings. The predicted octanol–water partition coefficient (Wildman–Crippen LogP) is -0.643. The van der Waals surface area contributed by atoms with Gasteiger partial charge in [0.25, 0.3) is 0 Å². The Balaban J connectivity index is 0.000000325. The summed E-state index contributed by atoms with van der Waals surface area (Å²) in [6.45, 7) is 0.0286. The minimum Gasteiger partial charge on any atom is -0.542 e. The first-order valence-electron chi connectivity index (χ1n) is 4.17. The summed E-state index contributed by atoms with van der Waals surface area (Å²) >= 11 is 0. The van der Waals surface area contributed by atoms with Gasteiger partial charge >= 0.3 is 12.1 Å². The molecular weight excluding hydrogens is 243 g/mol. The molecule has 94 valence electrons. The second-order valence-corrected chi connectivity index (χ2v) is 2.73. The monoisotopic (exact) mass is 251 g/mol. The average Bonchev–Trinajstić information content (AvgIpc) is 2.17. The van der Waals surface area contributed by atoms with Gasteiger partial charge < -0.3 is 15.0 Å². The van der Waals surface area contributed by atoms with Crippen molar-refractivity contribution in [3.8, 4) is 0 Å². The summed E-state index contributed by atoms with van der Waals surface area (Å²) in [7, 11) is 0. The van der Waals surface area contributed by atoms with Crippen LogP contribution < -0.4 is 9.67 Å². The van der Waals surface area contributed by atoms with Crippen LogP contribution in [0.3, 0.4) is 0 Å². The molecule has 0 unspecified atom stereocenters. The van der Waals surface area contributed by atoms with E-state index in [9.17, 15) is 18.0 Å². The Kier molecular flexibility index (Phi) is 5.65. The third-order valence-corrected chi connectivity index (χ3v) is 1.33. The Morgan fingerprint density at radius 1 is 1.18 bits per heavy atom. The molecule has 0 saturated carbocycles. The highest BCUT2D eigenvalue weighted by Crippen LogP contribution is 2.11. The van der Waals surface area contributed by atoms with Gasteiger partial charge in [-0.3, -0.25) is 0 Å². The van der Waals surface area contributed by atoms with Crippen molar-refractivity contribution in [3.63, 3.8) is 0 Å². The fraction of sp³-hybridized carbons (Fsp3) is 0.222. The van der Waals surface area contributed by atoms with Crippen molar-refractivity contribution < 1.29 is 37.5 Å². The zero-order valence-electron chi connectivity index (χ0n) is 8.35. The van der Waals surface area contributed by atoms with Crippen molar-refractivity contribution in [1.82, 2.24) is 0 Å². The van der Waals surface area contributed by atoms with E-state index in [1.165, 1.54) is 0 Å². The lowest BCUT2D eigenvalue weighted by Gasteiger charge is -2.03. The Bertz CT molecular complexity index is 378. The highest BCUT2D eigenvalue weighted by molar-refractivity contribution is 5.70. The van der Waals surface area contributed by atoms with Gasteiger partial charge in [0.1, 0.15) is 5.97 Å². The lowest BCUT2D eigenvalue weighted by atomic mass is 10.5. The van der Waals surface area contributed by atoms with Gasteiger partial charge in [-0.1, -0.05) is 6.07 Å². The van der Waals surface area contributed by atoms with Gasteiger partial charge in [0.2, 0.25) is 6.54 Å². The molecule has 0 aliphatic carbocycles. The third kappa shape index (κ3) is 7.77. The van der Waals surface area contributed by atoms with Gasteiger partial charge in [0.15, 0.2) is 12.4 Å². The van der Waals surface area contributed by atoms with Crippen LogP contribution in [0, 0.1) is 0 Å². The molecule has 0 amide bonds. The molecule has 1 rings (SSSR count). The maximum Gasteiger partial charge on any atom is 0.430 e. The number of rotatable bonds is 2. The van der Waals surface area contributed by atoms with Gasteiger partial charge in [-0.25, -0.2) is 4.79 Å². The van der Waals surface area contributed by atoms with E-state index in [4.69, 9.17) is 15.0 Å². The molecule has 0 aliphatic heterocycles. The average molecular weight is 251 g/mol. The largest absolute Gasteiger partial charge is 0.542 e. The summed E-state index contributed by atoms with van der Waals surface area (Å²) in [5.74, 6) is -3.83. The lowest BCUT2D eigenvalue weighted by molar-refractivity contribution is -0.685. The Hall–Kier alpha value is -2.12. The zero-order chi connectivity index (χ0) is 13.5. The summed E-state index contributed by atoms with van der Waals surface area (Å²) in [6.07, 6.45) is -1.76. The minimum absolute atomic E-state index is 0.0286. The number of carbonyl (C=O) groups excluding carboxylic acids is 1. The molecule has 17 heavy (non-hydrogen) atoms. The number of nitrogens with zero attached hydrogens (tertiary/aromatic N) is 1. The predicted molar refractivity (Wildman–Crippen MR) is 45.3 cm³/mol. The van der Waals surface area contributed by atoms with Crippen LogP contribution in [0.15, 0.2) is 30.6 Å². The van der Waals surface area contributed by atoms with E-state index in [1.807, 2.05) is 6.07 Å². The SMILES string of the molecule is O=C(O)C[n+]1ccccc1.O=C([O-])C(F)(F)F. The van der Waals surface area contributed by atoms with Gasteiger partial charge in [-0.2, -0.15) is 17.7 Å². The van der Waals surface area contributed by atoms with Crippen LogP contribution in [0.5, 0.6) is 0 Å². The molecule has 0 spiro atoms. The van der Waals surface area contributed by atoms with Crippen molar-refractivity contribution in [2.45, 2.75) is 12.7 Å². The maximum absolute atomic E-state index is 10.5. The van der Waals surface area contributed by atoms with E-state index in [0.717, 1.165) is 0 Å². The molecule has 0 radical (unpaired) electrons. The number of carboxylic acids is 2. The number of carbonyl (C=O) groups is 2. The molecule has 8 heteroatoms. The number of hydrogen-bond donors (Lipinski definition) is 1. The van der Waals surface area contributed by atoms with E-state index < -0.39 is 18.1 Å². The van der Waals surface area contributed by atoms with Crippen LogP contribution >= 0.6 is 0 Å². The van der Waals surface area contributed by atoms with Crippen molar-refractivity contribution in [3.05, 3.63) is 30.6 Å². The standard InChI is InChI=1S/C7H7NO2.C2HF3O2/c9-7(10)6-8-4-2-1-3-5-8;3-2(4,5)1(6)7/h1-5H,6H2;(H,6,7). The van der Waals surface area contributed by atoms with Crippen molar-refractivity contribution in [1.29, 1.82) is 0 Å². The second-order valence-electron chi connectivity index (χ2n) is 2.73. The topological polar surface area (TPSA) is 81.3 Å². The fourth-order valence-electron chi connectivity index (χ4n) is 0.696. The number of aliphatic carboxylic acids is 2. The fourth-order valence-corrected chi connectivity index (χ4v) is 0.696. The van der Waals surface area contributed by atoms with Crippen LogP contribution in [-0.4, -0.2) is 23.2 Å². The van der Waals surface area contributed by atoms with E-state index in [2.05, 4.69) is 0 Å². The number of pyridine rings is 1. The summed E-state index contributed by atoms with van der Waals surface area (Å²) in [4.78, 5) is 18.9. The number of carboxylic acid groups (broad SMARTS) is 2. The first-order chi connectivity index (χ1) is 7.73. The summed E-state index contributed by atoms with van der Waals surface area (Å²) in [5, 5.41) is 17.1. The molecule has 0 aliphatic rings. The number of alkyl halides is 3. The van der Waals surface area contributed by atoms with Crippen LogP contribution in [0.1, 0.15) is 0 Å².